The minimum absolute atomic E-state index is 0.0595. The first kappa shape index (κ1) is 12.3. The molecule has 2 rings (SSSR count). The molecule has 0 radical (unpaired) electrons. The molecular weight excluding hydrogens is 232 g/mol. The van der Waals surface area contributed by atoms with E-state index in [1.807, 2.05) is 19.9 Å². The molecule has 0 fully saturated rings. The van der Waals surface area contributed by atoms with Gasteiger partial charge in [-0.1, -0.05) is 13.8 Å². The molecule has 1 N–H and O–H groups in total. The largest absolute Gasteiger partial charge is 0.480 e. The Morgan fingerprint density at radius 3 is 2.94 bits per heavy atom. The second-order valence-corrected chi connectivity index (χ2v) is 4.58. The molecule has 0 unspecified atom stereocenters. The maximum Gasteiger partial charge on any atom is 0.323 e. The van der Waals surface area contributed by atoms with Gasteiger partial charge in [-0.05, 0) is 12.0 Å². The highest BCUT2D eigenvalue weighted by atomic mass is 16.4. The van der Waals surface area contributed by atoms with Crippen molar-refractivity contribution in [3.8, 4) is 0 Å². The maximum atomic E-state index is 10.9. The van der Waals surface area contributed by atoms with Gasteiger partial charge in [-0.15, -0.1) is 0 Å². The topological polar surface area (TPSA) is 70.7 Å². The molecule has 0 saturated heterocycles. The van der Waals surface area contributed by atoms with Crippen molar-refractivity contribution in [2.75, 3.05) is 18.0 Å². The zero-order chi connectivity index (χ0) is 13.1. The molecule has 0 spiro atoms. The van der Waals surface area contributed by atoms with Gasteiger partial charge in [-0.3, -0.25) is 4.79 Å². The van der Waals surface area contributed by atoms with Crippen LogP contribution in [0.25, 0.3) is 5.52 Å². The molecule has 0 aromatic carbocycles. The van der Waals surface area contributed by atoms with Crippen molar-refractivity contribution < 1.29 is 9.90 Å². The van der Waals surface area contributed by atoms with E-state index in [4.69, 9.17) is 5.11 Å². The van der Waals surface area contributed by atoms with Gasteiger partial charge in [0.1, 0.15) is 12.1 Å². The normalized spacial score (nSPS) is 11.1. The SMILES string of the molecule is CC(C)CN(CC(=O)O)c1nccn2nccc12. The number of anilines is 1. The second kappa shape index (κ2) is 5.03. The fraction of sp³-hybridized carbons (Fsp3) is 0.417. The first-order valence-corrected chi connectivity index (χ1v) is 5.83. The van der Waals surface area contributed by atoms with E-state index in [9.17, 15) is 4.79 Å². The molecule has 0 atom stereocenters. The van der Waals surface area contributed by atoms with E-state index in [0.717, 1.165) is 5.52 Å². The second-order valence-electron chi connectivity index (χ2n) is 4.58. The lowest BCUT2D eigenvalue weighted by atomic mass is 10.2. The third kappa shape index (κ3) is 2.58. The fourth-order valence-corrected chi connectivity index (χ4v) is 1.92. The summed E-state index contributed by atoms with van der Waals surface area (Å²) in [6, 6.07) is 1.83. The van der Waals surface area contributed by atoms with Gasteiger partial charge in [0.05, 0.1) is 6.20 Å². The zero-order valence-corrected chi connectivity index (χ0v) is 10.4. The summed E-state index contributed by atoms with van der Waals surface area (Å²) in [6.07, 6.45) is 5.05. The summed E-state index contributed by atoms with van der Waals surface area (Å²) < 4.78 is 1.69. The summed E-state index contributed by atoms with van der Waals surface area (Å²) in [5.74, 6) is 0.152. The smallest absolute Gasteiger partial charge is 0.323 e. The number of carboxylic acids is 1. The predicted octanol–water partition coefficient (Wildman–Crippen LogP) is 1.28. The average molecular weight is 248 g/mol. The quantitative estimate of drug-likeness (QED) is 0.863. The van der Waals surface area contributed by atoms with Gasteiger partial charge in [-0.2, -0.15) is 5.10 Å². The van der Waals surface area contributed by atoms with Crippen LogP contribution in [0.3, 0.4) is 0 Å². The molecule has 2 aromatic heterocycles. The van der Waals surface area contributed by atoms with E-state index in [1.54, 1.807) is 28.0 Å². The minimum atomic E-state index is -0.862. The molecule has 18 heavy (non-hydrogen) atoms. The van der Waals surface area contributed by atoms with Crippen molar-refractivity contribution in [1.29, 1.82) is 0 Å². The lowest BCUT2D eigenvalue weighted by Crippen LogP contribution is -2.33. The molecule has 2 aromatic rings. The van der Waals surface area contributed by atoms with Gasteiger partial charge in [0.2, 0.25) is 0 Å². The van der Waals surface area contributed by atoms with Gasteiger partial charge in [-0.25, -0.2) is 9.50 Å². The molecule has 0 aliphatic carbocycles. The van der Waals surface area contributed by atoms with Crippen molar-refractivity contribution in [1.82, 2.24) is 14.6 Å². The highest BCUT2D eigenvalue weighted by molar-refractivity contribution is 5.77. The van der Waals surface area contributed by atoms with Gasteiger partial charge in [0.25, 0.3) is 0 Å². The molecule has 0 saturated carbocycles. The Hall–Kier alpha value is -2.11. The molecular formula is C12H16N4O2. The summed E-state index contributed by atoms with van der Waals surface area (Å²) in [6.45, 7) is 4.68. The number of carboxylic acid groups (broad SMARTS) is 1. The molecule has 6 heteroatoms. The Kier molecular flexibility index (Phi) is 3.45. The van der Waals surface area contributed by atoms with E-state index < -0.39 is 5.97 Å². The number of fused-ring (bicyclic) bond motifs is 1. The summed E-state index contributed by atoms with van der Waals surface area (Å²) >= 11 is 0. The maximum absolute atomic E-state index is 10.9. The predicted molar refractivity (Wildman–Crippen MR) is 67.7 cm³/mol. The molecule has 6 nitrogen and oxygen atoms in total. The number of rotatable bonds is 5. The van der Waals surface area contributed by atoms with Gasteiger partial charge >= 0.3 is 5.97 Å². The monoisotopic (exact) mass is 248 g/mol. The van der Waals surface area contributed by atoms with Crippen LogP contribution in [-0.2, 0) is 4.79 Å². The lowest BCUT2D eigenvalue weighted by Gasteiger charge is -2.24. The third-order valence-corrected chi connectivity index (χ3v) is 2.52. The standard InChI is InChI=1S/C12H16N4O2/c1-9(2)7-15(8-11(17)18)12-10-3-4-14-16(10)6-5-13-12/h3-6,9H,7-8H2,1-2H3,(H,17,18). The summed E-state index contributed by atoms with van der Waals surface area (Å²) in [4.78, 5) is 17.0. The van der Waals surface area contributed by atoms with Crippen LogP contribution in [0.15, 0.2) is 24.7 Å². The first-order valence-electron chi connectivity index (χ1n) is 5.83. The van der Waals surface area contributed by atoms with Gasteiger partial charge in [0, 0.05) is 18.9 Å². The van der Waals surface area contributed by atoms with Crippen LogP contribution in [0, 0.1) is 5.92 Å². The number of hydrogen-bond acceptors (Lipinski definition) is 4. The Morgan fingerprint density at radius 2 is 2.28 bits per heavy atom. The van der Waals surface area contributed by atoms with Crippen molar-refractivity contribution in [2.45, 2.75) is 13.8 Å². The Bertz CT molecular complexity index is 550. The van der Waals surface area contributed by atoms with Crippen molar-refractivity contribution >= 4 is 17.3 Å². The lowest BCUT2D eigenvalue weighted by molar-refractivity contribution is -0.135. The zero-order valence-electron chi connectivity index (χ0n) is 10.4. The molecule has 0 bridgehead atoms. The van der Waals surface area contributed by atoms with Crippen molar-refractivity contribution in [3.05, 3.63) is 24.7 Å². The molecule has 96 valence electrons. The van der Waals surface area contributed by atoms with Crippen molar-refractivity contribution in [3.63, 3.8) is 0 Å². The van der Waals surface area contributed by atoms with Crippen LogP contribution in [0.2, 0.25) is 0 Å². The average Bonchev–Trinajstić information content (AvgIpc) is 2.74. The van der Waals surface area contributed by atoms with Crippen LogP contribution in [0.5, 0.6) is 0 Å². The van der Waals surface area contributed by atoms with Crippen molar-refractivity contribution in [2.24, 2.45) is 5.92 Å². The van der Waals surface area contributed by atoms with E-state index in [-0.39, 0.29) is 6.54 Å². The molecule has 0 amide bonds. The van der Waals surface area contributed by atoms with E-state index in [0.29, 0.717) is 18.3 Å². The summed E-state index contributed by atoms with van der Waals surface area (Å²) in [7, 11) is 0. The minimum Gasteiger partial charge on any atom is -0.480 e. The van der Waals surface area contributed by atoms with E-state index in [2.05, 4.69) is 10.1 Å². The van der Waals surface area contributed by atoms with Crippen LogP contribution >= 0.6 is 0 Å². The van der Waals surface area contributed by atoms with Gasteiger partial charge < -0.3 is 10.0 Å². The van der Waals surface area contributed by atoms with E-state index in [1.165, 1.54) is 0 Å². The van der Waals surface area contributed by atoms with Crippen LogP contribution in [0.1, 0.15) is 13.8 Å². The number of hydrogen-bond donors (Lipinski definition) is 1. The van der Waals surface area contributed by atoms with Crippen LogP contribution < -0.4 is 4.90 Å². The molecule has 2 heterocycles. The Labute approximate surface area is 105 Å². The number of nitrogens with zero attached hydrogens (tertiary/aromatic N) is 4. The van der Waals surface area contributed by atoms with Crippen LogP contribution in [0.4, 0.5) is 5.82 Å². The van der Waals surface area contributed by atoms with Crippen LogP contribution in [-0.4, -0.2) is 38.8 Å². The number of aromatic nitrogens is 3. The first-order chi connectivity index (χ1) is 8.58. The highest BCUT2D eigenvalue weighted by Crippen LogP contribution is 2.18. The van der Waals surface area contributed by atoms with E-state index >= 15 is 0 Å². The Balaban J connectivity index is 2.39. The number of carbonyl (C=O) groups is 1. The van der Waals surface area contributed by atoms with Gasteiger partial charge in [0.15, 0.2) is 5.82 Å². The molecule has 0 aliphatic heterocycles. The molecule has 0 aliphatic rings. The fourth-order valence-electron chi connectivity index (χ4n) is 1.92. The summed E-state index contributed by atoms with van der Waals surface area (Å²) in [5, 5.41) is 13.1. The Morgan fingerprint density at radius 1 is 1.50 bits per heavy atom. The highest BCUT2D eigenvalue weighted by Gasteiger charge is 2.16. The summed E-state index contributed by atoms with van der Waals surface area (Å²) in [5.41, 5.74) is 0.819. The number of aliphatic carboxylic acids is 1. The third-order valence-electron chi connectivity index (χ3n) is 2.52.